The van der Waals surface area contributed by atoms with Crippen molar-refractivity contribution in [3.05, 3.63) is 42.2 Å². The topological polar surface area (TPSA) is 138 Å². The molecular formula is C12H16O8S. The SMILES string of the molecule is C=C(OC)C(=O)O.CS(=O)(=O)O.O=Cc1cccc(O)c1. The summed E-state index contributed by atoms with van der Waals surface area (Å²) in [4.78, 5) is 19.8. The zero-order valence-corrected chi connectivity index (χ0v) is 12.2. The second-order valence-electron chi connectivity index (χ2n) is 3.38. The van der Waals surface area contributed by atoms with Gasteiger partial charge in [-0.3, -0.25) is 9.35 Å². The molecular weight excluding hydrogens is 304 g/mol. The fourth-order valence-corrected chi connectivity index (χ4v) is 0.685. The summed E-state index contributed by atoms with van der Waals surface area (Å²) in [7, 11) is -2.41. The predicted octanol–water partition coefficient (Wildman–Crippen LogP) is 0.940. The molecule has 0 heterocycles. The predicted molar refractivity (Wildman–Crippen MR) is 74.8 cm³/mol. The maximum atomic E-state index is 10.0. The molecule has 0 unspecified atom stereocenters. The van der Waals surface area contributed by atoms with Gasteiger partial charge in [0.25, 0.3) is 10.1 Å². The van der Waals surface area contributed by atoms with Gasteiger partial charge in [0, 0.05) is 5.56 Å². The van der Waals surface area contributed by atoms with Crippen LogP contribution in [0.5, 0.6) is 5.75 Å². The van der Waals surface area contributed by atoms with Gasteiger partial charge in [0.05, 0.1) is 13.4 Å². The second kappa shape index (κ2) is 10.4. The van der Waals surface area contributed by atoms with E-state index in [-0.39, 0.29) is 11.5 Å². The van der Waals surface area contributed by atoms with Gasteiger partial charge in [-0.2, -0.15) is 8.42 Å². The molecule has 0 amide bonds. The smallest absolute Gasteiger partial charge is 0.370 e. The van der Waals surface area contributed by atoms with Crippen molar-refractivity contribution in [1.82, 2.24) is 0 Å². The van der Waals surface area contributed by atoms with Crippen LogP contribution in [0.2, 0.25) is 0 Å². The molecule has 1 aromatic carbocycles. The van der Waals surface area contributed by atoms with E-state index in [1.807, 2.05) is 0 Å². The second-order valence-corrected chi connectivity index (χ2v) is 4.84. The van der Waals surface area contributed by atoms with Crippen LogP contribution in [0.1, 0.15) is 10.4 Å². The molecule has 0 saturated heterocycles. The molecule has 8 nitrogen and oxygen atoms in total. The van der Waals surface area contributed by atoms with Crippen molar-refractivity contribution in [2.45, 2.75) is 0 Å². The van der Waals surface area contributed by atoms with E-state index >= 15 is 0 Å². The third-order valence-electron chi connectivity index (χ3n) is 1.49. The summed E-state index contributed by atoms with van der Waals surface area (Å²) in [5.74, 6) is -1.23. The average Bonchev–Trinajstić information content (AvgIpc) is 2.36. The molecule has 0 aliphatic rings. The van der Waals surface area contributed by atoms with Gasteiger partial charge in [-0.1, -0.05) is 12.1 Å². The van der Waals surface area contributed by atoms with Gasteiger partial charge in [-0.15, -0.1) is 0 Å². The number of carboxylic acid groups (broad SMARTS) is 1. The van der Waals surface area contributed by atoms with Crippen LogP contribution in [-0.4, -0.2) is 48.8 Å². The molecule has 9 heteroatoms. The van der Waals surface area contributed by atoms with E-state index in [4.69, 9.17) is 14.8 Å². The number of phenols is 1. The molecule has 0 spiro atoms. The van der Waals surface area contributed by atoms with Crippen molar-refractivity contribution in [2.24, 2.45) is 0 Å². The Balaban J connectivity index is 0. The molecule has 0 aromatic heterocycles. The first-order chi connectivity index (χ1) is 9.51. The van der Waals surface area contributed by atoms with E-state index in [0.717, 1.165) is 0 Å². The average molecular weight is 320 g/mol. The Morgan fingerprint density at radius 3 is 2.05 bits per heavy atom. The summed E-state index contributed by atoms with van der Waals surface area (Å²) in [5.41, 5.74) is 0.495. The van der Waals surface area contributed by atoms with Gasteiger partial charge >= 0.3 is 5.97 Å². The molecule has 1 aromatic rings. The molecule has 118 valence electrons. The van der Waals surface area contributed by atoms with Gasteiger partial charge in [-0.05, 0) is 18.7 Å². The van der Waals surface area contributed by atoms with E-state index in [0.29, 0.717) is 18.1 Å². The van der Waals surface area contributed by atoms with Gasteiger partial charge in [-0.25, -0.2) is 4.79 Å². The van der Waals surface area contributed by atoms with Crippen molar-refractivity contribution in [1.29, 1.82) is 0 Å². The van der Waals surface area contributed by atoms with Crippen LogP contribution >= 0.6 is 0 Å². The Bertz CT molecular complexity index is 569. The highest BCUT2D eigenvalue weighted by Gasteiger charge is 1.98. The van der Waals surface area contributed by atoms with Crippen molar-refractivity contribution < 1.29 is 37.5 Å². The fourth-order valence-electron chi connectivity index (χ4n) is 0.685. The number of rotatable bonds is 3. The van der Waals surface area contributed by atoms with Crippen LogP contribution in [0.4, 0.5) is 0 Å². The number of carbonyl (C=O) groups excluding carboxylic acids is 1. The first-order valence-corrected chi connectivity index (χ1v) is 6.99. The first-order valence-electron chi connectivity index (χ1n) is 5.14. The Morgan fingerprint density at radius 1 is 1.38 bits per heavy atom. The number of aromatic hydroxyl groups is 1. The summed E-state index contributed by atoms with van der Waals surface area (Å²) in [6.07, 6.45) is 1.41. The standard InChI is InChI=1S/C7H6O2.C4H6O3.CH4O3S/c8-5-6-2-1-3-7(9)4-6;1-3(7-2)4(5)6;1-5(2,3)4/h1-5,9H;1H2,2H3,(H,5,6);1H3,(H,2,3,4). The van der Waals surface area contributed by atoms with E-state index < -0.39 is 16.1 Å². The summed E-state index contributed by atoms with van der Waals surface area (Å²) in [6.45, 7) is 3.05. The normalized spacial score (nSPS) is 9.10. The minimum absolute atomic E-state index is 0.125. The largest absolute Gasteiger partial charge is 0.508 e. The Hall–Kier alpha value is -2.39. The lowest BCUT2D eigenvalue weighted by Gasteiger charge is -1.92. The highest BCUT2D eigenvalue weighted by Crippen LogP contribution is 2.07. The maximum absolute atomic E-state index is 10.0. The Morgan fingerprint density at radius 2 is 1.86 bits per heavy atom. The number of ether oxygens (including phenoxy) is 1. The lowest BCUT2D eigenvalue weighted by Crippen LogP contribution is -1.99. The Labute approximate surface area is 122 Å². The van der Waals surface area contributed by atoms with Crippen molar-refractivity contribution in [2.75, 3.05) is 13.4 Å². The van der Waals surface area contributed by atoms with E-state index in [1.54, 1.807) is 12.1 Å². The van der Waals surface area contributed by atoms with Crippen LogP contribution < -0.4 is 0 Å². The summed E-state index contributed by atoms with van der Waals surface area (Å²) >= 11 is 0. The van der Waals surface area contributed by atoms with E-state index in [2.05, 4.69) is 11.3 Å². The van der Waals surface area contributed by atoms with Crippen LogP contribution in [0.25, 0.3) is 0 Å². The zero-order valence-electron chi connectivity index (χ0n) is 11.4. The number of carboxylic acids is 1. The quantitative estimate of drug-likeness (QED) is 0.324. The van der Waals surface area contributed by atoms with Gasteiger partial charge < -0.3 is 14.9 Å². The van der Waals surface area contributed by atoms with Crippen molar-refractivity contribution in [3.63, 3.8) is 0 Å². The van der Waals surface area contributed by atoms with E-state index in [1.165, 1.54) is 19.2 Å². The van der Waals surface area contributed by atoms with E-state index in [9.17, 15) is 18.0 Å². The third-order valence-corrected chi connectivity index (χ3v) is 1.49. The number of aliphatic carboxylic acids is 1. The number of aldehydes is 1. The summed E-state index contributed by atoms with van der Waals surface area (Å²) < 4.78 is 30.1. The number of hydrogen-bond acceptors (Lipinski definition) is 6. The molecule has 0 bridgehead atoms. The molecule has 0 atom stereocenters. The number of methoxy groups -OCH3 is 1. The zero-order chi connectivity index (χ0) is 17.1. The molecule has 1 rings (SSSR count). The number of benzene rings is 1. The summed E-state index contributed by atoms with van der Waals surface area (Å²) in [6, 6.07) is 6.19. The van der Waals surface area contributed by atoms with Crippen molar-refractivity contribution in [3.8, 4) is 5.75 Å². The van der Waals surface area contributed by atoms with Crippen LogP contribution in [0.3, 0.4) is 0 Å². The molecule has 21 heavy (non-hydrogen) atoms. The molecule has 0 aliphatic carbocycles. The minimum Gasteiger partial charge on any atom is -0.508 e. The molecule has 0 radical (unpaired) electrons. The van der Waals surface area contributed by atoms with Crippen LogP contribution in [0, 0.1) is 0 Å². The lowest BCUT2D eigenvalue weighted by atomic mass is 10.2. The third kappa shape index (κ3) is 17.6. The monoisotopic (exact) mass is 320 g/mol. The highest BCUT2D eigenvalue weighted by atomic mass is 32.2. The van der Waals surface area contributed by atoms with Crippen LogP contribution in [-0.2, 0) is 19.6 Å². The number of hydrogen-bond donors (Lipinski definition) is 3. The first kappa shape index (κ1) is 20.9. The molecule has 3 N–H and O–H groups in total. The molecule has 0 fully saturated rings. The molecule has 0 saturated carbocycles. The van der Waals surface area contributed by atoms with Gasteiger partial charge in [0.2, 0.25) is 0 Å². The van der Waals surface area contributed by atoms with Gasteiger partial charge in [0.15, 0.2) is 5.76 Å². The Kier molecular flexibility index (Phi) is 10.4. The van der Waals surface area contributed by atoms with Gasteiger partial charge in [0.1, 0.15) is 12.0 Å². The van der Waals surface area contributed by atoms with Crippen molar-refractivity contribution >= 4 is 22.4 Å². The summed E-state index contributed by atoms with van der Waals surface area (Å²) in [5, 5.41) is 16.7. The lowest BCUT2D eigenvalue weighted by molar-refractivity contribution is -0.136. The minimum atomic E-state index is -3.67. The van der Waals surface area contributed by atoms with Crippen LogP contribution in [0.15, 0.2) is 36.6 Å². The number of phenolic OH excluding ortho intramolecular Hbond substituents is 1. The molecule has 0 aliphatic heterocycles. The highest BCUT2D eigenvalue weighted by molar-refractivity contribution is 7.85. The maximum Gasteiger partial charge on any atom is 0.370 e. The fraction of sp³-hybridized carbons (Fsp3) is 0.167. The number of carbonyl (C=O) groups is 2.